The van der Waals surface area contributed by atoms with Gasteiger partial charge in [0.2, 0.25) is 0 Å². The van der Waals surface area contributed by atoms with E-state index < -0.39 is 0 Å². The van der Waals surface area contributed by atoms with Gasteiger partial charge in [0.1, 0.15) is 0 Å². The van der Waals surface area contributed by atoms with Crippen LogP contribution in [0.2, 0.25) is 0 Å². The van der Waals surface area contributed by atoms with Gasteiger partial charge in [0.15, 0.2) is 0 Å². The van der Waals surface area contributed by atoms with Crippen LogP contribution in [0, 0.1) is 17.3 Å². The van der Waals surface area contributed by atoms with Crippen LogP contribution in [0.15, 0.2) is 24.5 Å². The van der Waals surface area contributed by atoms with E-state index in [0.717, 1.165) is 11.8 Å². The molecule has 94 valence electrons. The Kier molecular flexibility index (Phi) is 3.86. The number of hydrogen-bond donors (Lipinski definition) is 0. The molecule has 0 radical (unpaired) electrons. The molecule has 0 amide bonds. The Balaban J connectivity index is 1.84. The van der Waals surface area contributed by atoms with Crippen molar-refractivity contribution in [3.8, 4) is 0 Å². The van der Waals surface area contributed by atoms with Crippen molar-refractivity contribution in [1.29, 1.82) is 0 Å². The zero-order valence-electron chi connectivity index (χ0n) is 11.4. The quantitative estimate of drug-likeness (QED) is 0.731. The van der Waals surface area contributed by atoms with Crippen LogP contribution in [-0.4, -0.2) is 4.98 Å². The first-order valence-corrected chi connectivity index (χ1v) is 6.94. The molecular weight excluding hydrogens is 206 g/mol. The second-order valence-corrected chi connectivity index (χ2v) is 6.64. The van der Waals surface area contributed by atoms with Gasteiger partial charge in [0.05, 0.1) is 0 Å². The van der Waals surface area contributed by atoms with E-state index in [2.05, 4.69) is 37.9 Å². The standard InChI is InChI=1S/C16H25N/c1-16(2,3)15-6-4-13(5-7-15)12-14-8-10-17-11-9-14/h8-11,13,15H,4-7,12H2,1-3H3/t13-,15+. The van der Waals surface area contributed by atoms with Gasteiger partial charge in [-0.3, -0.25) is 4.98 Å². The summed E-state index contributed by atoms with van der Waals surface area (Å²) in [7, 11) is 0. The van der Waals surface area contributed by atoms with E-state index in [9.17, 15) is 0 Å². The lowest BCUT2D eigenvalue weighted by atomic mass is 9.69. The molecule has 1 aliphatic carbocycles. The molecule has 0 saturated heterocycles. The molecule has 1 aromatic heterocycles. The molecule has 1 fully saturated rings. The van der Waals surface area contributed by atoms with E-state index >= 15 is 0 Å². The lowest BCUT2D eigenvalue weighted by Crippen LogP contribution is -2.26. The normalized spacial score (nSPS) is 25.8. The van der Waals surface area contributed by atoms with Gasteiger partial charge >= 0.3 is 0 Å². The molecule has 0 spiro atoms. The van der Waals surface area contributed by atoms with Crippen LogP contribution < -0.4 is 0 Å². The Labute approximate surface area is 106 Å². The van der Waals surface area contributed by atoms with Crippen molar-refractivity contribution in [2.24, 2.45) is 17.3 Å². The van der Waals surface area contributed by atoms with Crippen molar-refractivity contribution < 1.29 is 0 Å². The largest absolute Gasteiger partial charge is 0.265 e. The average molecular weight is 231 g/mol. The fourth-order valence-corrected chi connectivity index (χ4v) is 3.08. The fourth-order valence-electron chi connectivity index (χ4n) is 3.08. The minimum absolute atomic E-state index is 0.502. The highest BCUT2D eigenvalue weighted by Gasteiger charge is 2.29. The molecule has 0 bridgehead atoms. The number of nitrogens with zero attached hydrogens (tertiary/aromatic N) is 1. The molecule has 1 aliphatic rings. The summed E-state index contributed by atoms with van der Waals surface area (Å²) < 4.78 is 0. The number of rotatable bonds is 2. The summed E-state index contributed by atoms with van der Waals surface area (Å²) in [6.07, 6.45) is 10.7. The molecule has 0 aliphatic heterocycles. The van der Waals surface area contributed by atoms with Gasteiger partial charge in [-0.05, 0) is 67.1 Å². The van der Waals surface area contributed by atoms with Gasteiger partial charge in [-0.1, -0.05) is 20.8 Å². The summed E-state index contributed by atoms with van der Waals surface area (Å²) in [4.78, 5) is 4.08. The van der Waals surface area contributed by atoms with E-state index in [-0.39, 0.29) is 0 Å². The van der Waals surface area contributed by atoms with E-state index in [0.29, 0.717) is 5.41 Å². The van der Waals surface area contributed by atoms with Crippen molar-refractivity contribution in [2.75, 3.05) is 0 Å². The van der Waals surface area contributed by atoms with Gasteiger partial charge in [0.25, 0.3) is 0 Å². The third kappa shape index (κ3) is 3.55. The minimum atomic E-state index is 0.502. The Morgan fingerprint density at radius 1 is 1.06 bits per heavy atom. The molecule has 2 rings (SSSR count). The van der Waals surface area contributed by atoms with Crippen molar-refractivity contribution in [3.05, 3.63) is 30.1 Å². The van der Waals surface area contributed by atoms with Crippen LogP contribution in [0.3, 0.4) is 0 Å². The Morgan fingerprint density at radius 2 is 1.65 bits per heavy atom. The summed E-state index contributed by atoms with van der Waals surface area (Å²) in [6, 6.07) is 4.33. The maximum Gasteiger partial charge on any atom is 0.0270 e. The summed E-state index contributed by atoms with van der Waals surface area (Å²) in [6.45, 7) is 7.17. The van der Waals surface area contributed by atoms with E-state index in [1.807, 2.05) is 12.4 Å². The smallest absolute Gasteiger partial charge is 0.0270 e. The topological polar surface area (TPSA) is 12.9 Å². The van der Waals surface area contributed by atoms with Crippen LogP contribution in [-0.2, 0) is 6.42 Å². The predicted molar refractivity (Wildman–Crippen MR) is 72.8 cm³/mol. The molecule has 0 unspecified atom stereocenters. The van der Waals surface area contributed by atoms with E-state index in [1.165, 1.54) is 37.7 Å². The molecule has 1 aromatic rings. The highest BCUT2D eigenvalue weighted by Crippen LogP contribution is 2.40. The highest BCUT2D eigenvalue weighted by atomic mass is 14.6. The van der Waals surface area contributed by atoms with Crippen LogP contribution in [0.5, 0.6) is 0 Å². The number of pyridine rings is 1. The third-order valence-electron chi connectivity index (χ3n) is 4.35. The molecule has 1 nitrogen and oxygen atoms in total. The van der Waals surface area contributed by atoms with Gasteiger partial charge in [0, 0.05) is 12.4 Å². The minimum Gasteiger partial charge on any atom is -0.265 e. The first-order chi connectivity index (χ1) is 8.05. The zero-order valence-corrected chi connectivity index (χ0v) is 11.4. The van der Waals surface area contributed by atoms with Crippen molar-refractivity contribution in [2.45, 2.75) is 52.9 Å². The molecule has 0 atom stereocenters. The van der Waals surface area contributed by atoms with Crippen molar-refractivity contribution >= 4 is 0 Å². The summed E-state index contributed by atoms with van der Waals surface area (Å²) in [5.41, 5.74) is 1.96. The van der Waals surface area contributed by atoms with Crippen LogP contribution in [0.25, 0.3) is 0 Å². The number of hydrogen-bond acceptors (Lipinski definition) is 1. The fraction of sp³-hybridized carbons (Fsp3) is 0.688. The lowest BCUT2D eigenvalue weighted by Gasteiger charge is -2.37. The first kappa shape index (κ1) is 12.6. The molecule has 1 heterocycles. The summed E-state index contributed by atoms with van der Waals surface area (Å²) in [5.74, 6) is 1.83. The predicted octanol–water partition coefficient (Wildman–Crippen LogP) is 4.48. The first-order valence-electron chi connectivity index (χ1n) is 6.94. The summed E-state index contributed by atoms with van der Waals surface area (Å²) in [5, 5.41) is 0. The van der Waals surface area contributed by atoms with Crippen molar-refractivity contribution in [1.82, 2.24) is 4.98 Å². The van der Waals surface area contributed by atoms with Gasteiger partial charge in [-0.2, -0.15) is 0 Å². The monoisotopic (exact) mass is 231 g/mol. The van der Waals surface area contributed by atoms with Crippen molar-refractivity contribution in [3.63, 3.8) is 0 Å². The van der Waals surface area contributed by atoms with Gasteiger partial charge in [-0.15, -0.1) is 0 Å². The maximum absolute atomic E-state index is 4.08. The van der Waals surface area contributed by atoms with Crippen LogP contribution in [0.4, 0.5) is 0 Å². The van der Waals surface area contributed by atoms with E-state index in [1.54, 1.807) is 0 Å². The maximum atomic E-state index is 4.08. The second-order valence-electron chi connectivity index (χ2n) is 6.64. The SMILES string of the molecule is CC(C)(C)[C@H]1CC[C@@H](Cc2ccncc2)CC1. The average Bonchev–Trinajstić information content (AvgIpc) is 2.30. The zero-order chi connectivity index (χ0) is 12.3. The molecule has 0 aromatic carbocycles. The molecule has 1 heteroatoms. The van der Waals surface area contributed by atoms with Gasteiger partial charge < -0.3 is 0 Å². The Morgan fingerprint density at radius 3 is 2.18 bits per heavy atom. The third-order valence-corrected chi connectivity index (χ3v) is 4.35. The molecular formula is C16H25N. The number of aromatic nitrogens is 1. The van der Waals surface area contributed by atoms with E-state index in [4.69, 9.17) is 0 Å². The second kappa shape index (κ2) is 5.20. The highest BCUT2D eigenvalue weighted by molar-refractivity contribution is 5.10. The van der Waals surface area contributed by atoms with Crippen LogP contribution >= 0.6 is 0 Å². The Hall–Kier alpha value is -0.850. The molecule has 17 heavy (non-hydrogen) atoms. The lowest BCUT2D eigenvalue weighted by molar-refractivity contribution is 0.150. The van der Waals surface area contributed by atoms with Crippen LogP contribution in [0.1, 0.15) is 52.0 Å². The van der Waals surface area contributed by atoms with Gasteiger partial charge in [-0.25, -0.2) is 0 Å². The summed E-state index contributed by atoms with van der Waals surface area (Å²) >= 11 is 0. The molecule has 1 saturated carbocycles. The molecule has 0 N–H and O–H groups in total. The Bertz CT molecular complexity index is 328.